The summed E-state index contributed by atoms with van der Waals surface area (Å²) >= 11 is 6.04. The molecule has 13 unspecified atom stereocenters. The van der Waals surface area contributed by atoms with Crippen LogP contribution in [0.25, 0.3) is 54.5 Å². The van der Waals surface area contributed by atoms with Crippen LogP contribution in [-0.2, 0) is 12.4 Å². The van der Waals surface area contributed by atoms with Gasteiger partial charge in [-0.2, -0.15) is 26.3 Å². The number of nitrogens with zero attached hydrogens (tertiary/aromatic N) is 9. The first-order valence-corrected chi connectivity index (χ1v) is 41.6. The predicted molar refractivity (Wildman–Crippen MR) is 451 cm³/mol. The van der Waals surface area contributed by atoms with Crippen molar-refractivity contribution >= 4 is 71.8 Å². The number of hydrogen-bond acceptors (Lipinski definition) is 16. The van der Waals surface area contributed by atoms with Crippen LogP contribution in [0, 0.1) is 35.5 Å². The highest BCUT2D eigenvalue weighted by Crippen LogP contribution is 2.47. The van der Waals surface area contributed by atoms with Crippen molar-refractivity contribution in [3.63, 3.8) is 0 Å². The van der Waals surface area contributed by atoms with Gasteiger partial charge >= 0.3 is 12.4 Å². The molecule has 23 heteroatoms. The van der Waals surface area contributed by atoms with Crippen LogP contribution in [0.5, 0.6) is 5.75 Å². The maximum absolute atomic E-state index is 13.2. The summed E-state index contributed by atoms with van der Waals surface area (Å²) in [6.07, 6.45) is 12.4. The zero-order valence-corrected chi connectivity index (χ0v) is 67.5. The molecule has 0 aliphatic carbocycles. The number of nitrogens with one attached hydrogen (secondary N) is 2. The van der Waals surface area contributed by atoms with Crippen molar-refractivity contribution in [1.82, 2.24) is 49.8 Å². The topological polar surface area (TPSA) is 192 Å². The Hall–Kier alpha value is -8.52. The maximum Gasteiger partial charge on any atom is 0.433 e. The summed E-state index contributed by atoms with van der Waals surface area (Å²) in [4.78, 5) is 30.6. The fourth-order valence-corrected chi connectivity index (χ4v) is 19.2. The summed E-state index contributed by atoms with van der Waals surface area (Å²) in [5, 5.41) is 55.3. The number of rotatable bonds is 20. The molecule has 15 heterocycles. The minimum atomic E-state index is -4.93. The average molecular weight is 1610 g/mol. The number of alkyl halides is 6. The standard InChI is InChI=1S/C20H24N2O2.2C19H22N2O.C18H26ClN3.C17H16F6N2O/c1-3-13-12-22-9-7-14(13)10-19(22)20(23)16-6-8-21-18-5-4-15(24-2)11-17(16)18;2*1-2-13-12-21-10-8-14(13)11-18(21)19(22)16-7-9-20-17-6-4-3-5-15(16)17;1-4-22(5-2)12-6-7-14(3)21-17-10-11-20-18-13-15(19)8-9-16(17)18;18-16(19,20)11-5-3-4-9-10(15(26)12-6-1-2-7-24-12)8-13(17(21,22)23)25-14(9)11/h3-6,8,11,13-14,19-20,23H,1,7,9-10,12H2,2H3;2*2-7,9,13-14,18-19,22H,1,8,10-12H2;8-11,13-14H,4-7,12H2,1-3H3,(H,20,21);3-5,8,12,15,24,26H,1-2,6-7H2/t13?,14?,19?,20-;2*13?,14?,18-,19+;;/m110../s1. The predicted octanol–water partition coefficient (Wildman–Crippen LogP) is 18.8. The van der Waals surface area contributed by atoms with Crippen molar-refractivity contribution < 1.29 is 51.5 Å². The van der Waals surface area contributed by atoms with Crippen molar-refractivity contribution in [2.75, 3.05) is 77.9 Å². The summed E-state index contributed by atoms with van der Waals surface area (Å²) < 4.78 is 84.6. The van der Waals surface area contributed by atoms with Gasteiger partial charge < -0.3 is 40.7 Å². The molecule has 0 spiro atoms. The van der Waals surface area contributed by atoms with Crippen LogP contribution in [0.2, 0.25) is 5.02 Å². The molecular formula is C93H110ClF6N11O5. The number of aliphatic hydroxyl groups is 4. The lowest BCUT2D eigenvalue weighted by Gasteiger charge is -2.50. The summed E-state index contributed by atoms with van der Waals surface area (Å²) in [6, 6.07) is 40.0. The number of aromatic nitrogens is 5. The van der Waals surface area contributed by atoms with Crippen molar-refractivity contribution in [2.45, 2.75) is 158 Å². The second-order valence-electron chi connectivity index (χ2n) is 32.2. The fraction of sp³-hybridized carbons (Fsp3) is 0.452. The van der Waals surface area contributed by atoms with Gasteiger partial charge in [0, 0.05) is 112 Å². The molecule has 20 rings (SSSR count). The van der Waals surface area contributed by atoms with Crippen LogP contribution in [0.15, 0.2) is 196 Å². The number of benzene rings is 5. The molecule has 616 valence electrons. The molecule has 5 aromatic heterocycles. The number of methoxy groups -OCH3 is 1. The quantitative estimate of drug-likeness (QED) is 0.0312. The Morgan fingerprint density at radius 1 is 0.552 bits per heavy atom. The highest BCUT2D eigenvalue weighted by atomic mass is 35.5. The van der Waals surface area contributed by atoms with Gasteiger partial charge in [0.05, 0.1) is 64.7 Å². The highest BCUT2D eigenvalue weighted by Gasteiger charge is 2.46. The zero-order valence-electron chi connectivity index (χ0n) is 66.7. The number of aliphatic hydroxyl groups excluding tert-OH is 4. The average Bonchev–Trinajstić information content (AvgIpc) is 0.756. The third-order valence-electron chi connectivity index (χ3n) is 25.5. The molecule has 0 saturated carbocycles. The van der Waals surface area contributed by atoms with Gasteiger partial charge in [-0.1, -0.05) is 98.6 Å². The molecule has 0 amide bonds. The zero-order chi connectivity index (χ0) is 82.0. The van der Waals surface area contributed by atoms with E-state index in [0.29, 0.717) is 66.6 Å². The van der Waals surface area contributed by atoms with Gasteiger partial charge in [-0.15, -0.1) is 19.7 Å². The first-order valence-electron chi connectivity index (χ1n) is 41.3. The van der Waals surface area contributed by atoms with Gasteiger partial charge in [0.2, 0.25) is 0 Å². The minimum absolute atomic E-state index is 0.132. The van der Waals surface area contributed by atoms with E-state index in [1.807, 2.05) is 116 Å². The Balaban J connectivity index is 0.000000126. The smallest absolute Gasteiger partial charge is 0.433 e. The van der Waals surface area contributed by atoms with Gasteiger partial charge in [0.25, 0.3) is 0 Å². The first-order chi connectivity index (χ1) is 56.0. The SMILES string of the molecule is C=CC1CN2CCC1CC2[C@H](O)c1ccnc2ccc(OC)cc12.C=CC1CN2CCC1C[C@@H]2[C@@H](O)c1ccnc2ccccc12.C=CC1CN2CCC1C[C@H]2[C@H](O)c1ccnc2ccccc12.CCN(CC)CCCC(C)Nc1ccnc2cc(Cl)ccc12.OC(c1cc(C(F)(F)F)nc2c(C(F)(F)F)cccc12)C1CCCCN1. The van der Waals surface area contributed by atoms with Gasteiger partial charge in [-0.05, 0) is 260 Å². The number of halogens is 7. The number of anilines is 1. The van der Waals surface area contributed by atoms with E-state index < -0.39 is 59.6 Å². The second kappa shape index (κ2) is 38.5. The molecule has 10 fully saturated rings. The number of para-hydroxylation sites is 3. The summed E-state index contributed by atoms with van der Waals surface area (Å²) in [6.45, 7) is 29.0. The molecule has 10 aromatic rings. The van der Waals surface area contributed by atoms with Crippen molar-refractivity contribution in [1.29, 1.82) is 0 Å². The minimum Gasteiger partial charge on any atom is -0.497 e. The van der Waals surface area contributed by atoms with Crippen LogP contribution in [0.4, 0.5) is 32.0 Å². The number of fused-ring (bicyclic) bond motifs is 14. The number of hydrogen-bond donors (Lipinski definition) is 6. The third kappa shape index (κ3) is 19.6. The molecule has 10 aliphatic rings. The molecule has 10 aliphatic heterocycles. The van der Waals surface area contributed by atoms with E-state index in [1.54, 1.807) is 13.3 Å². The van der Waals surface area contributed by atoms with E-state index >= 15 is 0 Å². The Morgan fingerprint density at radius 3 is 1.53 bits per heavy atom. The molecule has 6 bridgehead atoms. The second-order valence-corrected chi connectivity index (χ2v) is 32.7. The Labute approximate surface area is 681 Å². The molecule has 0 radical (unpaired) electrons. The van der Waals surface area contributed by atoms with Crippen LogP contribution in [0.3, 0.4) is 0 Å². The van der Waals surface area contributed by atoms with Gasteiger partial charge in [-0.25, -0.2) is 4.98 Å². The van der Waals surface area contributed by atoms with Crippen LogP contribution in [-0.4, -0.2) is 168 Å². The van der Waals surface area contributed by atoms with E-state index in [2.05, 4.69) is 126 Å². The summed E-state index contributed by atoms with van der Waals surface area (Å²) in [7, 11) is 1.66. The Morgan fingerprint density at radius 2 is 1.05 bits per heavy atom. The summed E-state index contributed by atoms with van der Waals surface area (Å²) in [5.74, 6) is 4.54. The van der Waals surface area contributed by atoms with Crippen LogP contribution < -0.4 is 15.4 Å². The van der Waals surface area contributed by atoms with Crippen molar-refractivity contribution in [3.05, 3.63) is 235 Å². The maximum atomic E-state index is 13.2. The van der Waals surface area contributed by atoms with E-state index in [9.17, 15) is 46.8 Å². The van der Waals surface area contributed by atoms with Gasteiger partial charge in [0.1, 0.15) is 11.4 Å². The molecule has 6 N–H and O–H groups in total. The molecule has 5 aromatic carbocycles. The van der Waals surface area contributed by atoms with Crippen LogP contribution in [0.1, 0.15) is 149 Å². The molecular weight excluding hydrogens is 1500 g/mol. The lowest BCUT2D eigenvalue weighted by Crippen LogP contribution is -2.54. The normalized spacial score (nSPS) is 25.4. The van der Waals surface area contributed by atoms with E-state index in [0.717, 1.165) is 174 Å². The number of ether oxygens (including phenoxy) is 1. The Kier molecular flexibility index (Phi) is 28.3. The number of pyridine rings is 5. The number of piperidine rings is 10. The van der Waals surface area contributed by atoms with E-state index in [4.69, 9.17) is 16.3 Å². The third-order valence-corrected chi connectivity index (χ3v) is 25.7. The monoisotopic (exact) mass is 1610 g/mol. The first kappa shape index (κ1) is 85.4. The molecule has 18 atom stereocenters. The summed E-state index contributed by atoms with van der Waals surface area (Å²) in [5.41, 5.74) is 4.14. The Bertz CT molecular complexity index is 4860. The lowest BCUT2D eigenvalue weighted by atomic mass is 9.73. The van der Waals surface area contributed by atoms with Gasteiger partial charge in [-0.3, -0.25) is 34.6 Å². The fourth-order valence-electron chi connectivity index (χ4n) is 19.0. The molecule has 16 nitrogen and oxygen atoms in total. The molecule has 10 saturated heterocycles. The lowest BCUT2D eigenvalue weighted by molar-refractivity contribution is -0.142. The highest BCUT2D eigenvalue weighted by molar-refractivity contribution is 6.31. The van der Waals surface area contributed by atoms with Crippen molar-refractivity contribution in [3.8, 4) is 5.75 Å². The largest absolute Gasteiger partial charge is 0.497 e. The van der Waals surface area contributed by atoms with Crippen LogP contribution >= 0.6 is 11.6 Å². The van der Waals surface area contributed by atoms with E-state index in [1.165, 1.54) is 38.3 Å². The van der Waals surface area contributed by atoms with Gasteiger partial charge in [0.15, 0.2) is 0 Å². The molecule has 116 heavy (non-hydrogen) atoms. The van der Waals surface area contributed by atoms with E-state index in [-0.39, 0.29) is 29.1 Å². The van der Waals surface area contributed by atoms with Crippen molar-refractivity contribution in [2.24, 2.45) is 35.5 Å².